The lowest BCUT2D eigenvalue weighted by Gasteiger charge is -2.36. The van der Waals surface area contributed by atoms with Crippen LogP contribution in [-0.4, -0.2) is 35.3 Å². The molecule has 0 spiro atoms. The highest BCUT2D eigenvalue weighted by atomic mass is 35.5. The zero-order valence-corrected chi connectivity index (χ0v) is 10.7. The first-order valence-electron chi connectivity index (χ1n) is 5.15. The lowest BCUT2D eigenvalue weighted by Crippen LogP contribution is -2.45. The van der Waals surface area contributed by atoms with E-state index in [9.17, 15) is 0 Å². The van der Waals surface area contributed by atoms with E-state index in [0.29, 0.717) is 5.15 Å². The zero-order chi connectivity index (χ0) is 11.7. The molecule has 1 aromatic rings. The van der Waals surface area contributed by atoms with Crippen molar-refractivity contribution in [2.45, 2.75) is 26.1 Å². The van der Waals surface area contributed by atoms with Crippen molar-refractivity contribution in [1.82, 2.24) is 9.97 Å². The summed E-state index contributed by atoms with van der Waals surface area (Å²) in [5.41, 5.74) is 0. The molecule has 2 rings (SSSR count). The molecular weight excluding hydrogens is 249 g/mol. The first-order valence-corrected chi connectivity index (χ1v) is 5.90. The Labute approximate surface area is 105 Å². The van der Waals surface area contributed by atoms with Gasteiger partial charge in [-0.05, 0) is 25.4 Å². The van der Waals surface area contributed by atoms with Crippen LogP contribution in [0.3, 0.4) is 0 Å². The third kappa shape index (κ3) is 2.75. The van der Waals surface area contributed by atoms with Crippen LogP contribution in [0, 0.1) is 0 Å². The molecule has 2 heterocycles. The van der Waals surface area contributed by atoms with E-state index < -0.39 is 0 Å². The van der Waals surface area contributed by atoms with Gasteiger partial charge in [-0.2, -0.15) is 0 Å². The Bertz CT molecular complexity index is 358. The molecule has 0 aromatic carbocycles. The van der Waals surface area contributed by atoms with Crippen molar-refractivity contribution in [2.75, 3.05) is 18.0 Å². The smallest absolute Gasteiger partial charge is 0.225 e. The monoisotopic (exact) mass is 261 g/mol. The van der Waals surface area contributed by atoms with Gasteiger partial charge in [-0.15, -0.1) is 0 Å². The first kappa shape index (κ1) is 11.9. The third-order valence-electron chi connectivity index (χ3n) is 2.40. The van der Waals surface area contributed by atoms with E-state index in [1.165, 1.54) is 0 Å². The van der Waals surface area contributed by atoms with Crippen LogP contribution in [0.25, 0.3) is 0 Å². The van der Waals surface area contributed by atoms with Crippen LogP contribution in [0.15, 0.2) is 6.07 Å². The number of ether oxygens (including phenoxy) is 1. The van der Waals surface area contributed by atoms with Crippen LogP contribution < -0.4 is 4.90 Å². The van der Waals surface area contributed by atoms with Gasteiger partial charge in [0.15, 0.2) is 0 Å². The largest absolute Gasteiger partial charge is 0.372 e. The van der Waals surface area contributed by atoms with E-state index in [4.69, 9.17) is 27.9 Å². The number of morpholine rings is 1. The fraction of sp³-hybridized carbons (Fsp3) is 0.600. The summed E-state index contributed by atoms with van der Waals surface area (Å²) in [6.07, 6.45) is 0.354. The summed E-state index contributed by atoms with van der Waals surface area (Å²) in [6.45, 7) is 5.64. The molecule has 0 unspecified atom stereocenters. The zero-order valence-electron chi connectivity index (χ0n) is 9.15. The average molecular weight is 262 g/mol. The van der Waals surface area contributed by atoms with E-state index in [-0.39, 0.29) is 17.5 Å². The van der Waals surface area contributed by atoms with Gasteiger partial charge in [0.1, 0.15) is 11.0 Å². The molecule has 1 aliphatic rings. The van der Waals surface area contributed by atoms with Crippen molar-refractivity contribution >= 4 is 29.0 Å². The Morgan fingerprint density at radius 2 is 1.88 bits per heavy atom. The van der Waals surface area contributed by atoms with Crippen molar-refractivity contribution in [3.8, 4) is 0 Å². The third-order valence-corrected chi connectivity index (χ3v) is 2.76. The minimum atomic E-state index is 0.175. The van der Waals surface area contributed by atoms with E-state index in [1.54, 1.807) is 6.07 Å². The molecule has 6 heteroatoms. The Morgan fingerprint density at radius 1 is 1.25 bits per heavy atom. The maximum atomic E-state index is 5.85. The Morgan fingerprint density at radius 3 is 2.44 bits per heavy atom. The Hall–Kier alpha value is -0.580. The number of nitrogens with zero attached hydrogens (tertiary/aromatic N) is 3. The van der Waals surface area contributed by atoms with Gasteiger partial charge < -0.3 is 9.64 Å². The predicted molar refractivity (Wildman–Crippen MR) is 64.3 cm³/mol. The van der Waals surface area contributed by atoms with Gasteiger partial charge >= 0.3 is 0 Å². The Kier molecular flexibility index (Phi) is 3.52. The molecule has 2 atom stereocenters. The molecule has 1 aliphatic heterocycles. The minimum absolute atomic E-state index is 0.175. The van der Waals surface area contributed by atoms with Crippen molar-refractivity contribution in [3.05, 3.63) is 16.5 Å². The summed E-state index contributed by atoms with van der Waals surface area (Å²) < 4.78 is 5.65. The first-order chi connectivity index (χ1) is 7.54. The lowest BCUT2D eigenvalue weighted by atomic mass is 10.2. The van der Waals surface area contributed by atoms with Gasteiger partial charge in [0.05, 0.1) is 12.2 Å². The van der Waals surface area contributed by atoms with Gasteiger partial charge in [0.2, 0.25) is 5.28 Å². The second kappa shape index (κ2) is 4.73. The molecule has 0 radical (unpaired) electrons. The van der Waals surface area contributed by atoms with Gasteiger partial charge in [-0.25, -0.2) is 9.97 Å². The molecule has 0 amide bonds. The highest BCUT2D eigenvalue weighted by molar-refractivity contribution is 6.32. The minimum Gasteiger partial charge on any atom is -0.372 e. The Balaban J connectivity index is 2.22. The maximum Gasteiger partial charge on any atom is 0.225 e. The fourth-order valence-electron chi connectivity index (χ4n) is 1.91. The summed E-state index contributed by atoms with van der Waals surface area (Å²) in [4.78, 5) is 10.1. The number of hydrogen-bond donors (Lipinski definition) is 0. The fourth-order valence-corrected chi connectivity index (χ4v) is 2.30. The number of hydrogen-bond acceptors (Lipinski definition) is 4. The van der Waals surface area contributed by atoms with Crippen molar-refractivity contribution in [3.63, 3.8) is 0 Å². The molecule has 16 heavy (non-hydrogen) atoms. The standard InChI is InChI=1S/C10H13Cl2N3O/c1-6-4-15(5-7(2)16-6)9-3-8(11)13-10(12)14-9/h3,6-7H,4-5H2,1-2H3/t6-,7+. The van der Waals surface area contributed by atoms with Crippen LogP contribution in [0.4, 0.5) is 5.82 Å². The quantitative estimate of drug-likeness (QED) is 0.575. The summed E-state index contributed by atoms with van der Waals surface area (Å²) in [7, 11) is 0. The van der Waals surface area contributed by atoms with Crippen LogP contribution in [0.1, 0.15) is 13.8 Å². The second-order valence-electron chi connectivity index (χ2n) is 3.98. The highest BCUT2D eigenvalue weighted by Crippen LogP contribution is 2.22. The number of aromatic nitrogens is 2. The van der Waals surface area contributed by atoms with Crippen LogP contribution in [0.2, 0.25) is 10.4 Å². The summed E-state index contributed by atoms with van der Waals surface area (Å²) >= 11 is 11.6. The van der Waals surface area contributed by atoms with Gasteiger partial charge in [0, 0.05) is 19.2 Å². The molecule has 0 bridgehead atoms. The number of anilines is 1. The summed E-state index contributed by atoms with van der Waals surface area (Å²) in [5, 5.41) is 0.538. The van der Waals surface area contributed by atoms with E-state index in [0.717, 1.165) is 18.9 Å². The molecule has 0 N–H and O–H groups in total. The lowest BCUT2D eigenvalue weighted by molar-refractivity contribution is -0.00546. The van der Waals surface area contributed by atoms with Gasteiger partial charge in [-0.3, -0.25) is 0 Å². The van der Waals surface area contributed by atoms with E-state index in [1.807, 2.05) is 13.8 Å². The van der Waals surface area contributed by atoms with Crippen molar-refractivity contribution in [1.29, 1.82) is 0 Å². The van der Waals surface area contributed by atoms with Crippen molar-refractivity contribution in [2.24, 2.45) is 0 Å². The molecule has 1 fully saturated rings. The molecule has 88 valence electrons. The molecule has 1 aromatic heterocycles. The van der Waals surface area contributed by atoms with E-state index >= 15 is 0 Å². The molecule has 1 saturated heterocycles. The summed E-state index contributed by atoms with van der Waals surface area (Å²) in [6, 6.07) is 1.72. The molecule has 4 nitrogen and oxygen atoms in total. The summed E-state index contributed by atoms with van der Waals surface area (Å²) in [5.74, 6) is 0.756. The maximum absolute atomic E-state index is 5.85. The van der Waals surface area contributed by atoms with Crippen LogP contribution in [-0.2, 0) is 4.74 Å². The SMILES string of the molecule is C[C@@H]1CN(c2cc(Cl)nc(Cl)n2)C[C@H](C)O1. The number of rotatable bonds is 1. The van der Waals surface area contributed by atoms with Gasteiger partial charge in [0.25, 0.3) is 0 Å². The number of halogens is 2. The molecule has 0 saturated carbocycles. The molecular formula is C10H13Cl2N3O. The normalized spacial score (nSPS) is 25.9. The van der Waals surface area contributed by atoms with E-state index in [2.05, 4.69) is 14.9 Å². The van der Waals surface area contributed by atoms with Crippen molar-refractivity contribution < 1.29 is 4.74 Å². The topological polar surface area (TPSA) is 38.2 Å². The second-order valence-corrected chi connectivity index (χ2v) is 4.71. The predicted octanol–water partition coefficient (Wildman–Crippen LogP) is 2.40. The van der Waals surface area contributed by atoms with Crippen LogP contribution in [0.5, 0.6) is 0 Å². The molecule has 0 aliphatic carbocycles. The van der Waals surface area contributed by atoms with Crippen LogP contribution >= 0.6 is 23.2 Å². The highest BCUT2D eigenvalue weighted by Gasteiger charge is 2.23. The average Bonchev–Trinajstić information content (AvgIpc) is 2.14. The van der Waals surface area contributed by atoms with Gasteiger partial charge in [-0.1, -0.05) is 11.6 Å².